The molecule has 1 aromatic heterocycles. The maximum Gasteiger partial charge on any atom is 0.339 e. The number of rotatable bonds is 5. The number of anilines is 3. The van der Waals surface area contributed by atoms with Crippen molar-refractivity contribution in [3.05, 3.63) is 77.5 Å². The van der Waals surface area contributed by atoms with Crippen molar-refractivity contribution < 1.29 is 18.7 Å². The molecule has 28 heavy (non-hydrogen) atoms. The number of aromatic nitrogens is 2. The van der Waals surface area contributed by atoms with Crippen molar-refractivity contribution in [2.75, 3.05) is 17.7 Å². The zero-order chi connectivity index (χ0) is 20.1. The van der Waals surface area contributed by atoms with Crippen LogP contribution in [0.4, 0.5) is 21.6 Å². The topological polar surface area (TPSA) is 93.2 Å². The van der Waals surface area contributed by atoms with Crippen molar-refractivity contribution in [1.82, 2.24) is 9.97 Å². The molecule has 0 radical (unpaired) electrons. The Kier molecular flexibility index (Phi) is 5.59. The molecule has 0 aliphatic rings. The molecular weight excluding hydrogens is 363 g/mol. The third kappa shape index (κ3) is 4.47. The molecule has 0 saturated heterocycles. The minimum absolute atomic E-state index is 0.0890. The molecule has 0 atom stereocenters. The van der Waals surface area contributed by atoms with Crippen LogP contribution in [0.3, 0.4) is 0 Å². The van der Waals surface area contributed by atoms with Gasteiger partial charge in [-0.05, 0) is 37.3 Å². The van der Waals surface area contributed by atoms with Crippen molar-refractivity contribution in [1.29, 1.82) is 0 Å². The van der Waals surface area contributed by atoms with Crippen LogP contribution in [0.2, 0.25) is 0 Å². The smallest absolute Gasteiger partial charge is 0.339 e. The third-order valence-electron chi connectivity index (χ3n) is 3.75. The summed E-state index contributed by atoms with van der Waals surface area (Å²) in [6.45, 7) is 1.63. The summed E-state index contributed by atoms with van der Waals surface area (Å²) in [5.74, 6) is -0.794. The molecule has 0 fully saturated rings. The van der Waals surface area contributed by atoms with Gasteiger partial charge in [0.05, 0.1) is 18.4 Å². The van der Waals surface area contributed by atoms with Gasteiger partial charge < -0.3 is 15.4 Å². The number of aryl methyl sites for hydroxylation is 1. The standard InChI is InChI=1S/C20H17FN4O3/c1-12-22-17(11-18(23-12)24-14-7-5-6-13(21)10-14)19(26)25-16-9-4-3-8-15(16)20(27)28-2/h3-11H,1-2H3,(H,25,26)(H,22,23,24). The second-order valence-electron chi connectivity index (χ2n) is 5.81. The Labute approximate surface area is 160 Å². The van der Waals surface area contributed by atoms with E-state index < -0.39 is 17.7 Å². The number of hydrogen-bond acceptors (Lipinski definition) is 6. The predicted molar refractivity (Wildman–Crippen MR) is 102 cm³/mol. The highest BCUT2D eigenvalue weighted by Crippen LogP contribution is 2.19. The fraction of sp³-hybridized carbons (Fsp3) is 0.100. The number of ether oxygens (including phenoxy) is 1. The van der Waals surface area contributed by atoms with Crippen LogP contribution in [-0.2, 0) is 4.74 Å². The van der Waals surface area contributed by atoms with E-state index in [4.69, 9.17) is 4.74 Å². The number of carbonyl (C=O) groups is 2. The van der Waals surface area contributed by atoms with Gasteiger partial charge in [0.15, 0.2) is 0 Å². The zero-order valence-corrected chi connectivity index (χ0v) is 15.2. The highest BCUT2D eigenvalue weighted by Gasteiger charge is 2.16. The molecule has 1 amide bonds. The Bertz CT molecular complexity index is 1040. The van der Waals surface area contributed by atoms with Crippen molar-refractivity contribution in [2.45, 2.75) is 6.92 Å². The Hall–Kier alpha value is -3.81. The largest absolute Gasteiger partial charge is 0.465 e. The molecule has 2 N–H and O–H groups in total. The zero-order valence-electron chi connectivity index (χ0n) is 15.2. The van der Waals surface area contributed by atoms with Crippen LogP contribution in [0.15, 0.2) is 54.6 Å². The molecule has 3 rings (SSSR count). The monoisotopic (exact) mass is 380 g/mol. The van der Waals surface area contributed by atoms with Gasteiger partial charge in [-0.1, -0.05) is 18.2 Å². The lowest BCUT2D eigenvalue weighted by Crippen LogP contribution is -2.17. The highest BCUT2D eigenvalue weighted by molar-refractivity contribution is 6.07. The quantitative estimate of drug-likeness (QED) is 0.656. The number of nitrogens with one attached hydrogen (secondary N) is 2. The van der Waals surface area contributed by atoms with Crippen LogP contribution in [0.1, 0.15) is 26.7 Å². The molecule has 0 bridgehead atoms. The van der Waals surface area contributed by atoms with Crippen LogP contribution >= 0.6 is 0 Å². The Balaban J connectivity index is 1.85. The van der Waals surface area contributed by atoms with Crippen molar-refractivity contribution in [3.63, 3.8) is 0 Å². The van der Waals surface area contributed by atoms with Gasteiger partial charge in [-0.3, -0.25) is 4.79 Å². The molecule has 0 spiro atoms. The maximum absolute atomic E-state index is 13.4. The van der Waals surface area contributed by atoms with E-state index in [0.29, 0.717) is 23.0 Å². The molecule has 3 aromatic rings. The van der Waals surface area contributed by atoms with Gasteiger partial charge in [-0.15, -0.1) is 0 Å². The molecule has 1 heterocycles. The SMILES string of the molecule is COC(=O)c1ccccc1NC(=O)c1cc(Nc2cccc(F)c2)nc(C)n1. The van der Waals surface area contributed by atoms with Crippen molar-refractivity contribution in [2.24, 2.45) is 0 Å². The fourth-order valence-corrected chi connectivity index (χ4v) is 2.53. The molecular formula is C20H17FN4O3. The summed E-state index contributed by atoms with van der Waals surface area (Å²) < 4.78 is 18.1. The van der Waals surface area contributed by atoms with E-state index in [1.807, 2.05) is 0 Å². The van der Waals surface area contributed by atoms with Crippen LogP contribution < -0.4 is 10.6 Å². The molecule has 2 aromatic carbocycles. The number of carbonyl (C=O) groups excluding carboxylic acids is 2. The molecule has 7 nitrogen and oxygen atoms in total. The first-order chi connectivity index (χ1) is 13.5. The summed E-state index contributed by atoms with van der Waals surface area (Å²) in [6.07, 6.45) is 0. The number of methoxy groups -OCH3 is 1. The van der Waals surface area contributed by atoms with Crippen LogP contribution in [0.25, 0.3) is 0 Å². The Morgan fingerprint density at radius 2 is 1.82 bits per heavy atom. The first kappa shape index (κ1) is 19.0. The minimum atomic E-state index is -0.566. The van der Waals surface area contributed by atoms with Gasteiger partial charge in [-0.25, -0.2) is 19.2 Å². The predicted octanol–water partition coefficient (Wildman–Crippen LogP) is 3.71. The number of benzene rings is 2. The summed E-state index contributed by atoms with van der Waals surface area (Å²) in [5, 5.41) is 5.59. The van der Waals surface area contributed by atoms with E-state index in [9.17, 15) is 14.0 Å². The summed E-state index contributed by atoms with van der Waals surface area (Å²) >= 11 is 0. The van der Waals surface area contributed by atoms with Crippen LogP contribution in [0, 0.1) is 12.7 Å². The second-order valence-corrected chi connectivity index (χ2v) is 5.81. The first-order valence-electron chi connectivity index (χ1n) is 8.33. The van der Waals surface area contributed by atoms with Gasteiger partial charge >= 0.3 is 5.97 Å². The molecule has 0 unspecified atom stereocenters. The number of esters is 1. The van der Waals surface area contributed by atoms with E-state index in [2.05, 4.69) is 20.6 Å². The van der Waals surface area contributed by atoms with E-state index in [-0.39, 0.29) is 11.3 Å². The molecule has 0 aliphatic heterocycles. The van der Waals surface area contributed by atoms with Gasteiger partial charge in [0, 0.05) is 11.8 Å². The van der Waals surface area contributed by atoms with Crippen molar-refractivity contribution in [3.8, 4) is 0 Å². The number of hydrogen-bond donors (Lipinski definition) is 2. The lowest BCUT2D eigenvalue weighted by atomic mass is 10.1. The maximum atomic E-state index is 13.4. The number of amides is 1. The van der Waals surface area contributed by atoms with Crippen molar-refractivity contribution >= 4 is 29.1 Å². The highest BCUT2D eigenvalue weighted by atomic mass is 19.1. The molecule has 8 heteroatoms. The van der Waals surface area contributed by atoms with Gasteiger partial charge in [-0.2, -0.15) is 0 Å². The molecule has 0 saturated carbocycles. The lowest BCUT2D eigenvalue weighted by Gasteiger charge is -2.11. The molecule has 0 aliphatic carbocycles. The Morgan fingerprint density at radius 3 is 2.57 bits per heavy atom. The van der Waals surface area contributed by atoms with E-state index >= 15 is 0 Å². The van der Waals surface area contributed by atoms with E-state index in [1.54, 1.807) is 43.3 Å². The summed E-state index contributed by atoms with van der Waals surface area (Å²) in [4.78, 5) is 32.8. The van der Waals surface area contributed by atoms with E-state index in [0.717, 1.165) is 0 Å². The van der Waals surface area contributed by atoms with Gasteiger partial charge in [0.2, 0.25) is 0 Å². The van der Waals surface area contributed by atoms with Gasteiger partial charge in [0.25, 0.3) is 5.91 Å². The number of nitrogens with zero attached hydrogens (tertiary/aromatic N) is 2. The fourth-order valence-electron chi connectivity index (χ4n) is 2.53. The summed E-state index contributed by atoms with van der Waals surface area (Å²) in [5.41, 5.74) is 1.10. The van der Waals surface area contributed by atoms with Crippen LogP contribution in [0.5, 0.6) is 0 Å². The minimum Gasteiger partial charge on any atom is -0.465 e. The Morgan fingerprint density at radius 1 is 1.04 bits per heavy atom. The third-order valence-corrected chi connectivity index (χ3v) is 3.75. The second kappa shape index (κ2) is 8.26. The summed E-state index contributed by atoms with van der Waals surface area (Å²) in [6, 6.07) is 13.8. The normalized spacial score (nSPS) is 10.2. The average Bonchev–Trinajstić information content (AvgIpc) is 2.67. The number of para-hydroxylation sites is 1. The van der Waals surface area contributed by atoms with E-state index in [1.165, 1.54) is 25.3 Å². The first-order valence-corrected chi connectivity index (χ1v) is 8.33. The number of halogens is 1. The average molecular weight is 380 g/mol. The molecule has 142 valence electrons. The lowest BCUT2D eigenvalue weighted by molar-refractivity contribution is 0.0602. The van der Waals surface area contributed by atoms with Crippen LogP contribution in [-0.4, -0.2) is 29.0 Å². The summed E-state index contributed by atoms with van der Waals surface area (Å²) in [7, 11) is 1.26. The van der Waals surface area contributed by atoms with Gasteiger partial charge in [0.1, 0.15) is 23.2 Å².